The normalized spacial score (nSPS) is 30.5. The number of aliphatic hydroxyl groups is 1. The largest absolute Gasteiger partial charge is 0.396 e. The van der Waals surface area contributed by atoms with E-state index in [0.717, 1.165) is 0 Å². The van der Waals surface area contributed by atoms with E-state index >= 15 is 0 Å². The lowest BCUT2D eigenvalue weighted by Crippen LogP contribution is -2.56. The molecule has 6 heteroatoms. The highest BCUT2D eigenvalue weighted by molar-refractivity contribution is 5.91. The number of nitrogens with one attached hydrogen (secondary N) is 1. The fourth-order valence-corrected chi connectivity index (χ4v) is 1.41. The fourth-order valence-electron chi connectivity index (χ4n) is 1.41. The van der Waals surface area contributed by atoms with E-state index in [1.165, 1.54) is 12.2 Å². The summed E-state index contributed by atoms with van der Waals surface area (Å²) in [5.74, 6) is -1.21. The van der Waals surface area contributed by atoms with Crippen LogP contribution in [0.15, 0.2) is 12.2 Å². The first-order valence-corrected chi connectivity index (χ1v) is 4.19. The van der Waals surface area contributed by atoms with Crippen molar-refractivity contribution in [3.05, 3.63) is 12.2 Å². The van der Waals surface area contributed by atoms with Gasteiger partial charge in [-0.05, 0) is 0 Å². The number of carbonyl (C=O) groups excluding carboxylic acids is 2. The van der Waals surface area contributed by atoms with Crippen LogP contribution in [0.4, 0.5) is 0 Å². The Morgan fingerprint density at radius 3 is 2.50 bits per heavy atom. The smallest absolute Gasteiger partial charge is 0.241 e. The Hall–Kier alpha value is -1.40. The fraction of sp³-hybridized carbons (Fsp3) is 0.500. The Kier molecular flexibility index (Phi) is 2.87. The van der Waals surface area contributed by atoms with Crippen LogP contribution in [0.3, 0.4) is 0 Å². The van der Waals surface area contributed by atoms with Gasteiger partial charge in [-0.15, -0.1) is 0 Å². The predicted molar refractivity (Wildman–Crippen MR) is 48.9 cm³/mol. The Morgan fingerprint density at radius 1 is 1.50 bits per heavy atom. The SMILES string of the molecule is NC(=O)C1C=CC(CCO)(C(N)=O)N1. The van der Waals surface area contributed by atoms with Crippen LogP contribution in [-0.4, -0.2) is 35.1 Å². The van der Waals surface area contributed by atoms with Gasteiger partial charge in [0.05, 0.1) is 0 Å². The number of nitrogens with two attached hydrogens (primary N) is 2. The molecule has 6 nitrogen and oxygen atoms in total. The van der Waals surface area contributed by atoms with Gasteiger partial charge in [0, 0.05) is 13.0 Å². The van der Waals surface area contributed by atoms with Crippen molar-refractivity contribution in [3.63, 3.8) is 0 Å². The highest BCUT2D eigenvalue weighted by atomic mass is 16.3. The molecule has 1 aliphatic rings. The molecule has 2 unspecified atom stereocenters. The standard InChI is InChI=1S/C8H13N3O3/c9-6(13)5-1-2-8(11-5,3-4-12)7(10)14/h1-2,5,11-12H,3-4H2,(H2,9,13)(H2,10,14). The van der Waals surface area contributed by atoms with Gasteiger partial charge in [0.15, 0.2) is 0 Å². The molecule has 0 saturated carbocycles. The predicted octanol–water partition coefficient (Wildman–Crippen LogP) is -2.39. The zero-order valence-corrected chi connectivity index (χ0v) is 7.56. The quantitative estimate of drug-likeness (QED) is 0.377. The van der Waals surface area contributed by atoms with E-state index in [2.05, 4.69) is 5.32 Å². The minimum Gasteiger partial charge on any atom is -0.396 e. The molecule has 14 heavy (non-hydrogen) atoms. The van der Waals surface area contributed by atoms with E-state index in [1.807, 2.05) is 0 Å². The molecule has 0 radical (unpaired) electrons. The van der Waals surface area contributed by atoms with Gasteiger partial charge in [0.2, 0.25) is 11.8 Å². The first-order valence-electron chi connectivity index (χ1n) is 4.19. The van der Waals surface area contributed by atoms with Crippen LogP contribution >= 0.6 is 0 Å². The Balaban J connectivity index is 2.81. The molecule has 0 saturated heterocycles. The van der Waals surface area contributed by atoms with Gasteiger partial charge in [-0.1, -0.05) is 12.2 Å². The van der Waals surface area contributed by atoms with Crippen molar-refractivity contribution in [1.29, 1.82) is 0 Å². The van der Waals surface area contributed by atoms with Crippen molar-refractivity contribution in [2.45, 2.75) is 18.0 Å². The van der Waals surface area contributed by atoms with Crippen LogP contribution in [0, 0.1) is 0 Å². The van der Waals surface area contributed by atoms with Crippen LogP contribution in [0.5, 0.6) is 0 Å². The second-order valence-corrected chi connectivity index (χ2v) is 3.19. The summed E-state index contributed by atoms with van der Waals surface area (Å²) in [6.07, 6.45) is 3.08. The monoisotopic (exact) mass is 199 g/mol. The molecule has 1 heterocycles. The van der Waals surface area contributed by atoms with Gasteiger partial charge in [-0.25, -0.2) is 0 Å². The average molecular weight is 199 g/mol. The Morgan fingerprint density at radius 2 is 2.14 bits per heavy atom. The van der Waals surface area contributed by atoms with E-state index in [4.69, 9.17) is 16.6 Å². The highest BCUT2D eigenvalue weighted by Gasteiger charge is 2.40. The molecule has 1 aliphatic heterocycles. The van der Waals surface area contributed by atoms with Gasteiger partial charge < -0.3 is 16.6 Å². The van der Waals surface area contributed by atoms with Crippen LogP contribution in [0.2, 0.25) is 0 Å². The molecule has 1 rings (SSSR count). The van der Waals surface area contributed by atoms with Gasteiger partial charge in [0.25, 0.3) is 0 Å². The molecule has 0 fully saturated rings. The summed E-state index contributed by atoms with van der Waals surface area (Å²) in [6, 6.07) is -0.700. The van der Waals surface area contributed by atoms with Crippen molar-refractivity contribution < 1.29 is 14.7 Å². The van der Waals surface area contributed by atoms with Crippen LogP contribution < -0.4 is 16.8 Å². The number of hydrogen-bond acceptors (Lipinski definition) is 4. The number of hydrogen-bond donors (Lipinski definition) is 4. The first kappa shape index (κ1) is 10.7. The van der Waals surface area contributed by atoms with E-state index in [9.17, 15) is 9.59 Å². The first-order chi connectivity index (χ1) is 6.52. The summed E-state index contributed by atoms with van der Waals surface area (Å²) in [6.45, 7) is -0.203. The second-order valence-electron chi connectivity index (χ2n) is 3.19. The Bertz CT molecular complexity index is 290. The molecule has 6 N–H and O–H groups in total. The number of aliphatic hydroxyl groups excluding tert-OH is 1. The summed E-state index contributed by atoms with van der Waals surface area (Å²) in [5.41, 5.74) is 9.07. The minimum absolute atomic E-state index is 0.128. The van der Waals surface area contributed by atoms with Gasteiger partial charge in [-0.3, -0.25) is 14.9 Å². The molecular weight excluding hydrogens is 186 g/mol. The van der Waals surface area contributed by atoms with Crippen molar-refractivity contribution in [2.24, 2.45) is 11.5 Å². The summed E-state index contributed by atoms with van der Waals surface area (Å²) >= 11 is 0. The highest BCUT2D eigenvalue weighted by Crippen LogP contribution is 2.19. The molecule has 0 spiro atoms. The van der Waals surface area contributed by atoms with Gasteiger partial charge in [-0.2, -0.15) is 0 Å². The molecule has 0 aromatic heterocycles. The summed E-state index contributed by atoms with van der Waals surface area (Å²) in [7, 11) is 0. The lowest BCUT2D eigenvalue weighted by atomic mass is 9.96. The summed E-state index contributed by atoms with van der Waals surface area (Å²) in [5, 5.41) is 11.5. The topological polar surface area (TPSA) is 118 Å². The van der Waals surface area contributed by atoms with Crippen molar-refractivity contribution in [1.82, 2.24) is 5.32 Å². The number of rotatable bonds is 4. The second kappa shape index (κ2) is 3.77. The van der Waals surface area contributed by atoms with Crippen molar-refractivity contribution >= 4 is 11.8 Å². The van der Waals surface area contributed by atoms with Crippen LogP contribution in [0.1, 0.15) is 6.42 Å². The minimum atomic E-state index is -1.14. The summed E-state index contributed by atoms with van der Waals surface area (Å²) in [4.78, 5) is 21.9. The van der Waals surface area contributed by atoms with Crippen molar-refractivity contribution in [3.8, 4) is 0 Å². The van der Waals surface area contributed by atoms with Gasteiger partial charge >= 0.3 is 0 Å². The number of carbonyl (C=O) groups is 2. The molecular formula is C8H13N3O3. The molecule has 0 aromatic carbocycles. The summed E-state index contributed by atoms with van der Waals surface area (Å²) < 4.78 is 0. The maximum Gasteiger partial charge on any atom is 0.241 e. The molecule has 2 amide bonds. The number of amides is 2. The molecule has 78 valence electrons. The maximum atomic E-state index is 11.1. The average Bonchev–Trinajstić information content (AvgIpc) is 2.50. The molecule has 2 atom stereocenters. The lowest BCUT2D eigenvalue weighted by molar-refractivity contribution is -0.124. The van der Waals surface area contributed by atoms with Crippen LogP contribution in [-0.2, 0) is 9.59 Å². The van der Waals surface area contributed by atoms with E-state index in [1.54, 1.807) is 0 Å². The Labute approximate surface area is 80.9 Å². The third-order valence-electron chi connectivity index (χ3n) is 2.24. The lowest BCUT2D eigenvalue weighted by Gasteiger charge is -2.24. The molecule has 0 aliphatic carbocycles. The maximum absolute atomic E-state index is 11.1. The van der Waals surface area contributed by atoms with Crippen LogP contribution in [0.25, 0.3) is 0 Å². The van der Waals surface area contributed by atoms with Crippen molar-refractivity contribution in [2.75, 3.05) is 6.61 Å². The number of primary amides is 2. The zero-order chi connectivity index (χ0) is 10.8. The third kappa shape index (κ3) is 1.75. The zero-order valence-electron chi connectivity index (χ0n) is 7.56. The third-order valence-corrected chi connectivity index (χ3v) is 2.24. The van der Waals surface area contributed by atoms with E-state index in [0.29, 0.717) is 0 Å². The van der Waals surface area contributed by atoms with Gasteiger partial charge in [0.1, 0.15) is 11.6 Å². The van der Waals surface area contributed by atoms with E-state index < -0.39 is 23.4 Å². The molecule has 0 bridgehead atoms. The van der Waals surface area contributed by atoms with E-state index in [-0.39, 0.29) is 13.0 Å². The molecule has 0 aromatic rings.